The molecule has 0 aliphatic carbocycles. The first-order valence-corrected chi connectivity index (χ1v) is 6.81. The first-order valence-electron chi connectivity index (χ1n) is 6.81. The fourth-order valence-corrected chi connectivity index (χ4v) is 2.15. The van der Waals surface area contributed by atoms with Crippen molar-refractivity contribution in [2.45, 2.75) is 33.2 Å². The van der Waals surface area contributed by atoms with Crippen molar-refractivity contribution in [2.75, 3.05) is 7.05 Å². The normalized spacial score (nSPS) is 10.7. The van der Waals surface area contributed by atoms with E-state index in [-0.39, 0.29) is 0 Å². The van der Waals surface area contributed by atoms with Crippen LogP contribution in [0.2, 0.25) is 0 Å². The lowest BCUT2D eigenvalue weighted by molar-refractivity contribution is 0.754. The number of nitrogens with zero attached hydrogens (tertiary/aromatic N) is 2. The smallest absolute Gasteiger partial charge is 0.143 e. The monoisotopic (exact) mass is 255 g/mol. The van der Waals surface area contributed by atoms with Crippen LogP contribution in [-0.2, 0) is 13.0 Å². The number of aryl methyl sites for hydroxylation is 2. The summed E-state index contributed by atoms with van der Waals surface area (Å²) >= 11 is 0. The first-order chi connectivity index (χ1) is 9.22. The molecule has 100 valence electrons. The molecule has 0 spiro atoms. The van der Waals surface area contributed by atoms with Crippen LogP contribution in [0.1, 0.15) is 30.4 Å². The number of aromatic nitrogens is 2. The Bertz CT molecular complexity index is 532. The maximum Gasteiger partial charge on any atom is 0.143 e. The molecule has 3 heteroatoms. The van der Waals surface area contributed by atoms with Gasteiger partial charge in [-0.15, -0.1) is 0 Å². The highest BCUT2D eigenvalue weighted by Crippen LogP contribution is 2.19. The predicted molar refractivity (Wildman–Crippen MR) is 79.0 cm³/mol. The third-order valence-electron chi connectivity index (χ3n) is 3.02. The molecule has 2 aromatic rings. The maximum atomic E-state index is 4.60. The zero-order valence-electron chi connectivity index (χ0n) is 11.9. The van der Waals surface area contributed by atoms with Gasteiger partial charge in [-0.1, -0.05) is 37.6 Å². The molecule has 0 bridgehead atoms. The van der Waals surface area contributed by atoms with Crippen molar-refractivity contribution >= 4 is 0 Å². The Morgan fingerprint density at radius 3 is 2.47 bits per heavy atom. The van der Waals surface area contributed by atoms with E-state index in [1.54, 1.807) is 0 Å². The van der Waals surface area contributed by atoms with Crippen LogP contribution in [0.25, 0.3) is 11.3 Å². The third-order valence-corrected chi connectivity index (χ3v) is 3.02. The van der Waals surface area contributed by atoms with Gasteiger partial charge in [0.1, 0.15) is 5.82 Å². The molecular weight excluding hydrogens is 234 g/mol. The summed E-state index contributed by atoms with van der Waals surface area (Å²) in [6.45, 7) is 4.91. The number of rotatable bonds is 5. The quantitative estimate of drug-likeness (QED) is 0.892. The van der Waals surface area contributed by atoms with E-state index < -0.39 is 0 Å². The predicted octanol–water partition coefficient (Wildman–Crippen LogP) is 3.12. The molecule has 0 fully saturated rings. The number of benzene rings is 1. The first kappa shape index (κ1) is 13.7. The molecule has 19 heavy (non-hydrogen) atoms. The second-order valence-corrected chi connectivity index (χ2v) is 4.79. The van der Waals surface area contributed by atoms with Crippen molar-refractivity contribution in [3.05, 3.63) is 47.4 Å². The summed E-state index contributed by atoms with van der Waals surface area (Å²) in [5, 5.41) is 3.09. The van der Waals surface area contributed by atoms with Crippen LogP contribution in [0.15, 0.2) is 30.3 Å². The van der Waals surface area contributed by atoms with Gasteiger partial charge < -0.3 is 5.32 Å². The molecular formula is C16H21N3. The average Bonchev–Trinajstić information content (AvgIpc) is 2.40. The van der Waals surface area contributed by atoms with Gasteiger partial charge in [-0.05, 0) is 32.0 Å². The van der Waals surface area contributed by atoms with E-state index in [1.807, 2.05) is 20.0 Å². The van der Waals surface area contributed by atoms with Crippen molar-refractivity contribution in [2.24, 2.45) is 0 Å². The van der Waals surface area contributed by atoms with Crippen LogP contribution < -0.4 is 5.32 Å². The standard InChI is InChI=1S/C16H21N3/c1-4-5-13-6-8-14(9-7-13)15-10-12(2)18-16(19-15)11-17-3/h6-10,17H,4-5,11H2,1-3H3. The van der Waals surface area contributed by atoms with Crippen molar-refractivity contribution in [3.8, 4) is 11.3 Å². The molecule has 0 saturated carbocycles. The summed E-state index contributed by atoms with van der Waals surface area (Å²) in [6, 6.07) is 10.7. The fraction of sp³-hybridized carbons (Fsp3) is 0.375. The molecule has 2 rings (SSSR count). The summed E-state index contributed by atoms with van der Waals surface area (Å²) in [5.74, 6) is 0.843. The lowest BCUT2D eigenvalue weighted by atomic mass is 10.1. The number of hydrogen-bond donors (Lipinski definition) is 1. The van der Waals surface area contributed by atoms with Gasteiger partial charge in [0.15, 0.2) is 0 Å². The highest BCUT2D eigenvalue weighted by molar-refractivity contribution is 5.59. The zero-order chi connectivity index (χ0) is 13.7. The lowest BCUT2D eigenvalue weighted by Gasteiger charge is -2.07. The molecule has 0 aliphatic heterocycles. The Morgan fingerprint density at radius 1 is 1.11 bits per heavy atom. The van der Waals surface area contributed by atoms with E-state index >= 15 is 0 Å². The van der Waals surface area contributed by atoms with Crippen LogP contribution >= 0.6 is 0 Å². The van der Waals surface area contributed by atoms with Crippen LogP contribution in [0.5, 0.6) is 0 Å². The molecule has 0 aliphatic rings. The average molecular weight is 255 g/mol. The molecule has 0 saturated heterocycles. The van der Waals surface area contributed by atoms with Crippen molar-refractivity contribution in [3.63, 3.8) is 0 Å². The highest BCUT2D eigenvalue weighted by atomic mass is 15.0. The molecule has 1 heterocycles. The molecule has 0 unspecified atom stereocenters. The summed E-state index contributed by atoms with van der Waals surface area (Å²) in [5.41, 5.74) is 4.55. The van der Waals surface area contributed by atoms with E-state index in [0.717, 1.165) is 29.2 Å². The van der Waals surface area contributed by atoms with E-state index in [9.17, 15) is 0 Å². The van der Waals surface area contributed by atoms with Gasteiger partial charge in [-0.25, -0.2) is 9.97 Å². The van der Waals surface area contributed by atoms with Gasteiger partial charge in [0, 0.05) is 11.3 Å². The summed E-state index contributed by atoms with van der Waals surface area (Å²) < 4.78 is 0. The van der Waals surface area contributed by atoms with Crippen molar-refractivity contribution in [1.82, 2.24) is 15.3 Å². The van der Waals surface area contributed by atoms with Crippen molar-refractivity contribution < 1.29 is 0 Å². The van der Waals surface area contributed by atoms with Crippen LogP contribution in [0.3, 0.4) is 0 Å². The molecule has 1 aromatic heterocycles. The number of nitrogens with one attached hydrogen (secondary N) is 1. The SMILES string of the molecule is CCCc1ccc(-c2cc(C)nc(CNC)n2)cc1. The van der Waals surface area contributed by atoms with Crippen molar-refractivity contribution in [1.29, 1.82) is 0 Å². The van der Waals surface area contributed by atoms with Gasteiger partial charge >= 0.3 is 0 Å². The second-order valence-electron chi connectivity index (χ2n) is 4.79. The molecule has 3 nitrogen and oxygen atoms in total. The van der Waals surface area contributed by atoms with Crippen LogP contribution in [-0.4, -0.2) is 17.0 Å². The number of hydrogen-bond acceptors (Lipinski definition) is 3. The molecule has 1 aromatic carbocycles. The minimum Gasteiger partial charge on any atom is -0.313 e. The zero-order valence-corrected chi connectivity index (χ0v) is 11.9. The van der Waals surface area contributed by atoms with Gasteiger partial charge in [-0.3, -0.25) is 0 Å². The van der Waals surface area contributed by atoms with E-state index in [1.165, 1.54) is 12.0 Å². The van der Waals surface area contributed by atoms with Crippen LogP contribution in [0, 0.1) is 6.92 Å². The van der Waals surface area contributed by atoms with Gasteiger partial charge in [0.2, 0.25) is 0 Å². The Labute approximate surface area is 115 Å². The minimum atomic E-state index is 0.697. The molecule has 0 radical (unpaired) electrons. The fourth-order valence-electron chi connectivity index (χ4n) is 2.15. The third kappa shape index (κ3) is 3.61. The molecule has 1 N–H and O–H groups in total. The van der Waals surface area contributed by atoms with Crippen LogP contribution in [0.4, 0.5) is 0 Å². The summed E-state index contributed by atoms with van der Waals surface area (Å²) in [7, 11) is 1.91. The van der Waals surface area contributed by atoms with E-state index in [2.05, 4.69) is 46.5 Å². The Kier molecular flexibility index (Phi) is 4.63. The van der Waals surface area contributed by atoms with Gasteiger partial charge in [-0.2, -0.15) is 0 Å². The topological polar surface area (TPSA) is 37.8 Å². The largest absolute Gasteiger partial charge is 0.313 e. The lowest BCUT2D eigenvalue weighted by Crippen LogP contribution is -2.10. The molecule has 0 atom stereocenters. The molecule has 0 amide bonds. The highest BCUT2D eigenvalue weighted by Gasteiger charge is 2.04. The Hall–Kier alpha value is -1.74. The maximum absolute atomic E-state index is 4.60. The Balaban J connectivity index is 2.29. The van der Waals surface area contributed by atoms with E-state index in [4.69, 9.17) is 0 Å². The summed E-state index contributed by atoms with van der Waals surface area (Å²) in [6.07, 6.45) is 2.31. The van der Waals surface area contributed by atoms with Gasteiger partial charge in [0.05, 0.1) is 12.2 Å². The summed E-state index contributed by atoms with van der Waals surface area (Å²) in [4.78, 5) is 9.02. The van der Waals surface area contributed by atoms with E-state index in [0.29, 0.717) is 6.54 Å². The minimum absolute atomic E-state index is 0.697. The Morgan fingerprint density at radius 2 is 1.84 bits per heavy atom. The second kappa shape index (κ2) is 6.43. The van der Waals surface area contributed by atoms with Gasteiger partial charge in [0.25, 0.3) is 0 Å².